The van der Waals surface area contributed by atoms with Gasteiger partial charge in [-0.15, -0.1) is 11.3 Å². The number of aliphatic carboxylic acids is 1. The summed E-state index contributed by atoms with van der Waals surface area (Å²) >= 11 is 1.46. The largest absolute Gasteiger partial charge is 0.481 e. The smallest absolute Gasteiger partial charge is 0.315 e. The molecule has 0 saturated carbocycles. The number of hydrogen-bond acceptors (Lipinski definition) is 5. The first-order valence-corrected chi connectivity index (χ1v) is 7.08. The maximum atomic E-state index is 11.2. The van der Waals surface area contributed by atoms with E-state index in [1.54, 1.807) is 26.2 Å². The van der Waals surface area contributed by atoms with E-state index in [4.69, 9.17) is 0 Å². The molecule has 2 rings (SSSR count). The van der Waals surface area contributed by atoms with Gasteiger partial charge in [0.2, 0.25) is 0 Å². The lowest BCUT2D eigenvalue weighted by atomic mass is 9.90. The van der Waals surface area contributed by atoms with Crippen molar-refractivity contribution in [2.24, 2.45) is 0 Å². The van der Waals surface area contributed by atoms with E-state index in [-0.39, 0.29) is 0 Å². The van der Waals surface area contributed by atoms with Crippen LogP contribution in [0.1, 0.15) is 25.1 Å². The molecule has 0 aromatic carbocycles. The third-order valence-electron chi connectivity index (χ3n) is 3.16. The minimum atomic E-state index is -0.966. The Labute approximate surface area is 121 Å². The number of carboxylic acid groups (broad SMARTS) is 1. The molecule has 0 amide bonds. The van der Waals surface area contributed by atoms with E-state index in [1.807, 2.05) is 29.5 Å². The fraction of sp³-hybridized carbons (Fsp3) is 0.357. The van der Waals surface area contributed by atoms with Gasteiger partial charge in [0.15, 0.2) is 5.13 Å². The van der Waals surface area contributed by atoms with Crippen molar-refractivity contribution in [1.29, 1.82) is 0 Å². The van der Waals surface area contributed by atoms with Crippen molar-refractivity contribution in [2.75, 3.05) is 11.9 Å². The van der Waals surface area contributed by atoms with Gasteiger partial charge in [-0.2, -0.15) is 0 Å². The molecule has 0 aliphatic heterocycles. The highest BCUT2D eigenvalue weighted by Crippen LogP contribution is 2.29. The Balaban J connectivity index is 2.15. The zero-order valence-corrected chi connectivity index (χ0v) is 12.5. The van der Waals surface area contributed by atoms with Gasteiger partial charge in [0.25, 0.3) is 0 Å². The quantitative estimate of drug-likeness (QED) is 0.917. The minimum Gasteiger partial charge on any atom is -0.481 e. The molecule has 0 aliphatic carbocycles. The van der Waals surface area contributed by atoms with Gasteiger partial charge in [0.1, 0.15) is 5.41 Å². The number of carbonyl (C=O) groups is 1. The maximum Gasteiger partial charge on any atom is 0.315 e. The van der Waals surface area contributed by atoms with Crippen LogP contribution in [0.3, 0.4) is 0 Å². The highest BCUT2D eigenvalue weighted by Gasteiger charge is 2.32. The zero-order valence-electron chi connectivity index (χ0n) is 11.7. The number of rotatable bonds is 5. The first kappa shape index (κ1) is 14.5. The number of pyridine rings is 1. The van der Waals surface area contributed by atoms with E-state index in [0.29, 0.717) is 12.2 Å². The highest BCUT2D eigenvalue weighted by molar-refractivity contribution is 7.13. The van der Waals surface area contributed by atoms with Gasteiger partial charge >= 0.3 is 5.97 Å². The monoisotopic (exact) mass is 291 g/mol. The molecule has 1 N–H and O–H groups in total. The molecule has 2 aromatic rings. The van der Waals surface area contributed by atoms with Gasteiger partial charge in [-0.25, -0.2) is 4.98 Å². The first-order valence-electron chi connectivity index (χ1n) is 6.20. The summed E-state index contributed by atoms with van der Waals surface area (Å²) in [6.07, 6.45) is 3.51. The van der Waals surface area contributed by atoms with Crippen LogP contribution in [0.2, 0.25) is 0 Å². The molecule has 0 saturated heterocycles. The van der Waals surface area contributed by atoms with Gasteiger partial charge in [-0.05, 0) is 31.5 Å². The average molecular weight is 291 g/mol. The molecule has 2 heterocycles. The van der Waals surface area contributed by atoms with E-state index >= 15 is 0 Å². The molecule has 0 atom stereocenters. The Morgan fingerprint density at radius 3 is 2.65 bits per heavy atom. The second-order valence-electron chi connectivity index (χ2n) is 5.16. The van der Waals surface area contributed by atoms with E-state index in [0.717, 1.165) is 10.7 Å². The molecule has 0 bridgehead atoms. The molecular weight excluding hydrogens is 274 g/mol. The van der Waals surface area contributed by atoms with Crippen LogP contribution in [0.25, 0.3) is 0 Å². The van der Waals surface area contributed by atoms with Crippen LogP contribution in [0.15, 0.2) is 29.9 Å². The topological polar surface area (TPSA) is 66.3 Å². The van der Waals surface area contributed by atoms with Crippen LogP contribution in [-0.4, -0.2) is 28.1 Å². The Bertz CT molecular complexity index is 595. The molecule has 2 aromatic heterocycles. The Hall–Kier alpha value is -1.95. The third-order valence-corrected chi connectivity index (χ3v) is 4.12. The molecule has 0 fully saturated rings. The average Bonchev–Trinajstić information content (AvgIpc) is 2.90. The maximum absolute atomic E-state index is 11.2. The predicted molar refractivity (Wildman–Crippen MR) is 79.1 cm³/mol. The second-order valence-corrected chi connectivity index (χ2v) is 5.99. The normalized spacial score (nSPS) is 11.3. The summed E-state index contributed by atoms with van der Waals surface area (Å²) in [6, 6.07) is 3.90. The lowest BCUT2D eigenvalue weighted by Crippen LogP contribution is -2.29. The van der Waals surface area contributed by atoms with Crippen molar-refractivity contribution in [3.63, 3.8) is 0 Å². The Kier molecular flexibility index (Phi) is 4.04. The lowest BCUT2D eigenvalue weighted by molar-refractivity contribution is -0.142. The molecule has 0 aliphatic rings. The van der Waals surface area contributed by atoms with E-state index in [1.165, 1.54) is 11.3 Å². The summed E-state index contributed by atoms with van der Waals surface area (Å²) in [5.74, 6) is -0.869. The molecule has 106 valence electrons. The van der Waals surface area contributed by atoms with Gasteiger partial charge in [0.05, 0.1) is 5.69 Å². The van der Waals surface area contributed by atoms with Crippen LogP contribution in [0.4, 0.5) is 5.13 Å². The van der Waals surface area contributed by atoms with E-state index in [2.05, 4.69) is 9.97 Å². The number of hydrogen-bond donors (Lipinski definition) is 1. The van der Waals surface area contributed by atoms with Crippen molar-refractivity contribution in [3.8, 4) is 0 Å². The van der Waals surface area contributed by atoms with Crippen LogP contribution >= 0.6 is 11.3 Å². The molecule has 0 radical (unpaired) electrons. The van der Waals surface area contributed by atoms with E-state index in [9.17, 15) is 9.90 Å². The summed E-state index contributed by atoms with van der Waals surface area (Å²) < 4.78 is 0. The minimum absolute atomic E-state index is 0.589. The molecule has 20 heavy (non-hydrogen) atoms. The number of aromatic nitrogens is 2. The van der Waals surface area contributed by atoms with Crippen molar-refractivity contribution in [1.82, 2.24) is 9.97 Å². The summed E-state index contributed by atoms with van der Waals surface area (Å²) in [5.41, 5.74) is 0.759. The first-order chi connectivity index (χ1) is 9.41. The fourth-order valence-corrected chi connectivity index (χ4v) is 2.63. The Morgan fingerprint density at radius 1 is 1.40 bits per heavy atom. The predicted octanol–water partition coefficient (Wildman–Crippen LogP) is 2.54. The molecular formula is C14H17N3O2S. The van der Waals surface area contributed by atoms with Gasteiger partial charge < -0.3 is 10.0 Å². The van der Waals surface area contributed by atoms with Gasteiger partial charge in [-0.3, -0.25) is 9.78 Å². The zero-order chi connectivity index (χ0) is 14.8. The van der Waals surface area contributed by atoms with Crippen LogP contribution < -0.4 is 4.90 Å². The van der Waals surface area contributed by atoms with Gasteiger partial charge in [-0.1, -0.05) is 0 Å². The fourth-order valence-electron chi connectivity index (χ4n) is 1.67. The SMILES string of the molecule is CN(Cc1ccncc1)c1nc(C(C)(C)C(=O)O)cs1. The third kappa shape index (κ3) is 2.96. The summed E-state index contributed by atoms with van der Waals surface area (Å²) in [6.45, 7) is 4.04. The van der Waals surface area contributed by atoms with Crippen LogP contribution in [0.5, 0.6) is 0 Å². The number of carboxylic acids is 1. The van der Waals surface area contributed by atoms with E-state index < -0.39 is 11.4 Å². The molecule has 6 heteroatoms. The summed E-state index contributed by atoms with van der Waals surface area (Å²) in [7, 11) is 1.94. The summed E-state index contributed by atoms with van der Waals surface area (Å²) in [5, 5.41) is 11.8. The van der Waals surface area contributed by atoms with Crippen LogP contribution in [-0.2, 0) is 16.8 Å². The number of anilines is 1. The standard InChI is InChI=1S/C14H17N3O2S/c1-14(2,12(18)19)11-9-20-13(16-11)17(3)8-10-4-6-15-7-5-10/h4-7,9H,8H2,1-3H3,(H,18,19). The van der Waals surface area contributed by atoms with Crippen molar-refractivity contribution >= 4 is 22.4 Å². The molecule has 5 nitrogen and oxygen atoms in total. The second kappa shape index (κ2) is 5.58. The van der Waals surface area contributed by atoms with Crippen molar-refractivity contribution < 1.29 is 9.90 Å². The number of nitrogens with zero attached hydrogens (tertiary/aromatic N) is 3. The van der Waals surface area contributed by atoms with Crippen molar-refractivity contribution in [3.05, 3.63) is 41.2 Å². The van der Waals surface area contributed by atoms with Crippen LogP contribution in [0, 0.1) is 0 Å². The molecule has 0 spiro atoms. The molecule has 0 unspecified atom stereocenters. The Morgan fingerprint density at radius 2 is 2.05 bits per heavy atom. The number of thiazole rings is 1. The highest BCUT2D eigenvalue weighted by atomic mass is 32.1. The van der Waals surface area contributed by atoms with Crippen molar-refractivity contribution in [2.45, 2.75) is 25.8 Å². The summed E-state index contributed by atoms with van der Waals surface area (Å²) in [4.78, 5) is 21.7. The van der Waals surface area contributed by atoms with Gasteiger partial charge in [0, 0.05) is 31.4 Å². The lowest BCUT2D eigenvalue weighted by Gasteiger charge is -2.18.